The summed E-state index contributed by atoms with van der Waals surface area (Å²) in [5, 5.41) is 6.29. The number of benzene rings is 2. The first kappa shape index (κ1) is 21.2. The smallest absolute Gasteiger partial charge is 0.258 e. The molecule has 1 aromatic heterocycles. The van der Waals surface area contributed by atoms with Crippen LogP contribution in [-0.2, 0) is 22.6 Å². The number of para-hydroxylation sites is 1. The van der Waals surface area contributed by atoms with Crippen LogP contribution in [0.2, 0.25) is 0 Å². The fourth-order valence-electron chi connectivity index (χ4n) is 2.98. The van der Waals surface area contributed by atoms with E-state index in [1.54, 1.807) is 18.2 Å². The van der Waals surface area contributed by atoms with Crippen LogP contribution in [0.15, 0.2) is 53.3 Å². The highest BCUT2D eigenvalue weighted by Crippen LogP contribution is 2.13. The predicted octanol–water partition coefficient (Wildman–Crippen LogP) is 3.16. The molecule has 7 nitrogen and oxygen atoms in total. The highest BCUT2D eigenvalue weighted by molar-refractivity contribution is 5.92. The molecule has 2 amide bonds. The molecule has 2 aromatic carbocycles. The van der Waals surface area contributed by atoms with Gasteiger partial charge in [-0.15, -0.1) is 0 Å². The third-order valence-corrected chi connectivity index (χ3v) is 4.99. The van der Waals surface area contributed by atoms with Crippen molar-refractivity contribution < 1.29 is 9.59 Å². The Hall–Kier alpha value is -3.48. The Balaban J connectivity index is 1.53. The maximum atomic E-state index is 12.2. The minimum atomic E-state index is -0.202. The van der Waals surface area contributed by atoms with Crippen LogP contribution in [0.1, 0.15) is 38.1 Å². The summed E-state index contributed by atoms with van der Waals surface area (Å²) in [6.45, 7) is 4.21. The van der Waals surface area contributed by atoms with E-state index in [2.05, 4.69) is 20.6 Å². The summed E-state index contributed by atoms with van der Waals surface area (Å²) in [4.78, 5) is 43.5. The Labute approximate surface area is 174 Å². The number of hydrogen-bond donors (Lipinski definition) is 3. The van der Waals surface area contributed by atoms with E-state index in [0.29, 0.717) is 35.4 Å². The number of hydrogen-bond acceptors (Lipinski definition) is 4. The second-order valence-corrected chi connectivity index (χ2v) is 7.31. The Morgan fingerprint density at radius 1 is 1.13 bits per heavy atom. The van der Waals surface area contributed by atoms with Gasteiger partial charge in [-0.2, -0.15) is 0 Å². The molecule has 0 bridgehead atoms. The van der Waals surface area contributed by atoms with Gasteiger partial charge in [0.2, 0.25) is 11.8 Å². The summed E-state index contributed by atoms with van der Waals surface area (Å²) >= 11 is 0. The molecule has 3 aromatic rings. The number of fused-ring (bicyclic) bond motifs is 1. The van der Waals surface area contributed by atoms with Crippen LogP contribution in [0.4, 0.5) is 5.69 Å². The van der Waals surface area contributed by atoms with Gasteiger partial charge in [0, 0.05) is 31.0 Å². The van der Waals surface area contributed by atoms with Gasteiger partial charge in [-0.05, 0) is 36.2 Å². The number of H-pyrrole nitrogens is 1. The summed E-state index contributed by atoms with van der Waals surface area (Å²) < 4.78 is 0. The fourth-order valence-corrected chi connectivity index (χ4v) is 2.98. The van der Waals surface area contributed by atoms with Crippen LogP contribution >= 0.6 is 0 Å². The maximum Gasteiger partial charge on any atom is 0.258 e. The Kier molecular flexibility index (Phi) is 6.95. The lowest BCUT2D eigenvalue weighted by molar-refractivity contribution is -0.121. The first-order chi connectivity index (χ1) is 14.5. The van der Waals surface area contributed by atoms with Crippen molar-refractivity contribution >= 4 is 28.4 Å². The number of nitrogens with one attached hydrogen (secondary N) is 3. The number of aryl methyl sites for hydroxylation is 1. The van der Waals surface area contributed by atoms with Crippen molar-refractivity contribution in [2.75, 3.05) is 5.32 Å². The number of anilines is 1. The van der Waals surface area contributed by atoms with Crippen molar-refractivity contribution in [2.45, 2.75) is 39.7 Å². The van der Waals surface area contributed by atoms with Crippen molar-refractivity contribution in [1.82, 2.24) is 15.3 Å². The molecule has 0 aliphatic rings. The molecular weight excluding hydrogens is 380 g/mol. The van der Waals surface area contributed by atoms with E-state index in [1.807, 2.05) is 44.2 Å². The SMILES string of the molecule is CCC(C)C(=O)Nc1cccc(CNC(=O)CCc2nc3ccccc3c(=O)[nH]2)c1. The van der Waals surface area contributed by atoms with Crippen molar-refractivity contribution in [3.63, 3.8) is 0 Å². The number of amides is 2. The fraction of sp³-hybridized carbons (Fsp3) is 0.304. The summed E-state index contributed by atoms with van der Waals surface area (Å²) in [7, 11) is 0. The van der Waals surface area contributed by atoms with Crippen molar-refractivity contribution in [2.24, 2.45) is 5.92 Å². The van der Waals surface area contributed by atoms with Crippen LogP contribution < -0.4 is 16.2 Å². The lowest BCUT2D eigenvalue weighted by Gasteiger charge is -2.11. The van der Waals surface area contributed by atoms with Gasteiger partial charge in [-0.25, -0.2) is 4.98 Å². The van der Waals surface area contributed by atoms with Crippen molar-refractivity contribution in [3.8, 4) is 0 Å². The molecule has 0 spiro atoms. The quantitative estimate of drug-likeness (QED) is 0.534. The second-order valence-electron chi connectivity index (χ2n) is 7.31. The number of carbonyl (C=O) groups excluding carboxylic acids is 2. The lowest BCUT2D eigenvalue weighted by Crippen LogP contribution is -2.24. The number of nitrogens with zero attached hydrogens (tertiary/aromatic N) is 1. The number of aromatic nitrogens is 2. The topological polar surface area (TPSA) is 104 Å². The van der Waals surface area contributed by atoms with Gasteiger partial charge >= 0.3 is 0 Å². The van der Waals surface area contributed by atoms with E-state index in [0.717, 1.165) is 12.0 Å². The van der Waals surface area contributed by atoms with Gasteiger partial charge in [0.25, 0.3) is 5.56 Å². The van der Waals surface area contributed by atoms with E-state index in [-0.39, 0.29) is 29.7 Å². The molecule has 1 unspecified atom stereocenters. The van der Waals surface area contributed by atoms with Gasteiger partial charge in [0.05, 0.1) is 10.9 Å². The van der Waals surface area contributed by atoms with Crippen molar-refractivity contribution in [1.29, 1.82) is 0 Å². The summed E-state index contributed by atoms with van der Waals surface area (Å²) in [5.74, 6) is 0.280. The van der Waals surface area contributed by atoms with Gasteiger partial charge in [0.15, 0.2) is 0 Å². The van der Waals surface area contributed by atoms with E-state index < -0.39 is 0 Å². The average molecular weight is 406 g/mol. The zero-order valence-electron chi connectivity index (χ0n) is 17.2. The average Bonchev–Trinajstić information content (AvgIpc) is 2.76. The van der Waals surface area contributed by atoms with Crippen LogP contribution in [0.25, 0.3) is 10.9 Å². The van der Waals surface area contributed by atoms with Gasteiger partial charge < -0.3 is 15.6 Å². The molecule has 0 saturated carbocycles. The lowest BCUT2D eigenvalue weighted by atomic mass is 10.1. The monoisotopic (exact) mass is 406 g/mol. The van der Waals surface area contributed by atoms with Crippen LogP contribution in [0.5, 0.6) is 0 Å². The summed E-state index contributed by atoms with van der Waals surface area (Å²) in [6, 6.07) is 14.5. The Bertz CT molecular complexity index is 1110. The molecule has 30 heavy (non-hydrogen) atoms. The normalized spacial score (nSPS) is 11.8. The van der Waals surface area contributed by atoms with E-state index in [1.165, 1.54) is 0 Å². The molecule has 7 heteroatoms. The van der Waals surface area contributed by atoms with Crippen LogP contribution in [0.3, 0.4) is 0 Å². The molecule has 0 aliphatic heterocycles. The zero-order valence-corrected chi connectivity index (χ0v) is 17.2. The molecular formula is C23H26N4O3. The minimum absolute atomic E-state index is 0.0180. The first-order valence-corrected chi connectivity index (χ1v) is 10.1. The standard InChI is InChI=1S/C23H26N4O3/c1-3-15(2)22(29)25-17-8-6-7-16(13-17)14-24-21(28)12-11-20-26-19-10-5-4-9-18(19)23(30)27-20/h4-10,13,15H,3,11-12,14H2,1-2H3,(H,24,28)(H,25,29)(H,26,27,30). The molecule has 1 heterocycles. The van der Waals surface area contributed by atoms with E-state index in [4.69, 9.17) is 0 Å². The van der Waals surface area contributed by atoms with E-state index in [9.17, 15) is 14.4 Å². The Morgan fingerprint density at radius 2 is 1.93 bits per heavy atom. The highest BCUT2D eigenvalue weighted by atomic mass is 16.2. The van der Waals surface area contributed by atoms with Crippen molar-refractivity contribution in [3.05, 3.63) is 70.3 Å². The number of aromatic amines is 1. The minimum Gasteiger partial charge on any atom is -0.352 e. The largest absolute Gasteiger partial charge is 0.352 e. The molecule has 3 rings (SSSR count). The maximum absolute atomic E-state index is 12.2. The first-order valence-electron chi connectivity index (χ1n) is 10.1. The molecule has 0 fully saturated rings. The molecule has 156 valence electrons. The van der Waals surface area contributed by atoms with Gasteiger partial charge in [0.1, 0.15) is 5.82 Å². The zero-order chi connectivity index (χ0) is 21.5. The highest BCUT2D eigenvalue weighted by Gasteiger charge is 2.11. The predicted molar refractivity (Wildman–Crippen MR) is 117 cm³/mol. The van der Waals surface area contributed by atoms with Crippen LogP contribution in [0, 0.1) is 5.92 Å². The second kappa shape index (κ2) is 9.82. The van der Waals surface area contributed by atoms with Crippen LogP contribution in [-0.4, -0.2) is 21.8 Å². The van der Waals surface area contributed by atoms with Gasteiger partial charge in [-0.3, -0.25) is 14.4 Å². The van der Waals surface area contributed by atoms with E-state index >= 15 is 0 Å². The Morgan fingerprint density at radius 3 is 2.73 bits per heavy atom. The number of rotatable bonds is 8. The summed E-state index contributed by atoms with van der Waals surface area (Å²) in [5.41, 5.74) is 2.02. The van der Waals surface area contributed by atoms with Gasteiger partial charge in [-0.1, -0.05) is 38.1 Å². The molecule has 0 saturated heterocycles. The molecule has 0 aliphatic carbocycles. The molecule has 1 atom stereocenters. The third kappa shape index (κ3) is 5.53. The molecule has 3 N–H and O–H groups in total. The third-order valence-electron chi connectivity index (χ3n) is 4.99. The molecule has 0 radical (unpaired) electrons. The number of carbonyl (C=O) groups is 2. The summed E-state index contributed by atoms with van der Waals surface area (Å²) in [6.07, 6.45) is 1.33.